The molecule has 0 aromatic heterocycles. The van der Waals surface area contributed by atoms with E-state index in [2.05, 4.69) is 19.2 Å². The molecule has 0 aliphatic carbocycles. The molecular weight excluding hydrogens is 268 g/mol. The number of nitrogens with one attached hydrogen (secondary N) is 1. The highest BCUT2D eigenvalue weighted by atomic mass is 16.6. The first-order chi connectivity index (χ1) is 10.1. The van der Waals surface area contributed by atoms with Crippen LogP contribution in [-0.2, 0) is 6.54 Å². The van der Waals surface area contributed by atoms with Crippen molar-refractivity contribution in [3.8, 4) is 11.5 Å². The second-order valence-corrected chi connectivity index (χ2v) is 5.30. The predicted molar refractivity (Wildman–Crippen MR) is 81.8 cm³/mol. The summed E-state index contributed by atoms with van der Waals surface area (Å²) in [5, 5.41) is 3.03. The zero-order valence-corrected chi connectivity index (χ0v) is 13.0. The molecule has 5 nitrogen and oxygen atoms in total. The highest BCUT2D eigenvalue weighted by Crippen LogP contribution is 2.30. The molecule has 0 bridgehead atoms. The third kappa shape index (κ3) is 4.03. The summed E-state index contributed by atoms with van der Waals surface area (Å²) >= 11 is 0. The molecule has 1 aromatic carbocycles. The van der Waals surface area contributed by atoms with Crippen molar-refractivity contribution >= 4 is 6.03 Å². The quantitative estimate of drug-likeness (QED) is 0.908. The molecule has 116 valence electrons. The summed E-state index contributed by atoms with van der Waals surface area (Å²) in [4.78, 5) is 13.8. The Morgan fingerprint density at radius 2 is 1.90 bits per heavy atom. The van der Waals surface area contributed by atoms with Crippen LogP contribution >= 0.6 is 0 Å². The van der Waals surface area contributed by atoms with Gasteiger partial charge in [-0.25, -0.2) is 4.79 Å². The van der Waals surface area contributed by atoms with Gasteiger partial charge in [0.1, 0.15) is 13.2 Å². The minimum absolute atomic E-state index is 0.0430. The summed E-state index contributed by atoms with van der Waals surface area (Å²) in [7, 11) is 1.80. The summed E-state index contributed by atoms with van der Waals surface area (Å²) in [6, 6.07) is 6.00. The van der Waals surface area contributed by atoms with Crippen LogP contribution in [0, 0.1) is 0 Å². The Labute approximate surface area is 126 Å². The Morgan fingerprint density at radius 1 is 1.24 bits per heavy atom. The molecule has 2 rings (SSSR count). The van der Waals surface area contributed by atoms with Crippen molar-refractivity contribution in [1.29, 1.82) is 0 Å². The molecule has 1 aromatic rings. The molecule has 1 aliphatic rings. The first-order valence-electron chi connectivity index (χ1n) is 7.54. The van der Waals surface area contributed by atoms with Crippen LogP contribution in [-0.4, -0.2) is 37.2 Å². The van der Waals surface area contributed by atoms with Gasteiger partial charge in [0, 0.05) is 19.6 Å². The smallest absolute Gasteiger partial charge is 0.317 e. The third-order valence-corrected chi connectivity index (χ3v) is 3.69. The molecule has 1 heterocycles. The monoisotopic (exact) mass is 292 g/mol. The summed E-state index contributed by atoms with van der Waals surface area (Å²) in [5.74, 6) is 1.53. The van der Waals surface area contributed by atoms with E-state index in [-0.39, 0.29) is 12.1 Å². The highest BCUT2D eigenvalue weighted by Gasteiger charge is 2.15. The number of rotatable bonds is 5. The van der Waals surface area contributed by atoms with Gasteiger partial charge in [0.2, 0.25) is 0 Å². The second-order valence-electron chi connectivity index (χ2n) is 5.30. The van der Waals surface area contributed by atoms with Gasteiger partial charge in [0.25, 0.3) is 0 Å². The largest absolute Gasteiger partial charge is 0.486 e. The standard InChI is InChI=1S/C16H24N2O3/c1-4-13(5-2)17-16(19)18(3)11-12-6-7-14-15(10-12)21-9-8-20-14/h6-7,10,13H,4-5,8-9,11H2,1-3H3,(H,17,19). The number of carbonyl (C=O) groups excluding carboxylic acids is 1. The molecule has 21 heavy (non-hydrogen) atoms. The van der Waals surface area contributed by atoms with Crippen molar-refractivity contribution in [1.82, 2.24) is 10.2 Å². The summed E-state index contributed by atoms with van der Waals surface area (Å²) in [5.41, 5.74) is 1.03. The van der Waals surface area contributed by atoms with E-state index in [1.165, 1.54) is 0 Å². The Hall–Kier alpha value is -1.91. The molecular formula is C16H24N2O3. The number of fused-ring (bicyclic) bond motifs is 1. The molecule has 0 unspecified atom stereocenters. The van der Waals surface area contributed by atoms with Crippen molar-refractivity contribution in [2.45, 2.75) is 39.3 Å². The van der Waals surface area contributed by atoms with E-state index in [4.69, 9.17) is 9.47 Å². The number of benzene rings is 1. The average Bonchev–Trinajstić information content (AvgIpc) is 2.52. The lowest BCUT2D eigenvalue weighted by molar-refractivity contribution is 0.171. The number of nitrogens with zero attached hydrogens (tertiary/aromatic N) is 1. The minimum atomic E-state index is -0.0430. The Bertz CT molecular complexity index is 486. The lowest BCUT2D eigenvalue weighted by Crippen LogP contribution is -2.42. The zero-order valence-electron chi connectivity index (χ0n) is 13.0. The van der Waals surface area contributed by atoms with E-state index < -0.39 is 0 Å². The number of hydrogen-bond donors (Lipinski definition) is 1. The van der Waals surface area contributed by atoms with Crippen molar-refractivity contribution in [3.63, 3.8) is 0 Å². The Balaban J connectivity index is 1.95. The molecule has 0 fully saturated rings. The van der Waals surface area contributed by atoms with Crippen LogP contribution in [0.1, 0.15) is 32.3 Å². The Morgan fingerprint density at radius 3 is 2.57 bits per heavy atom. The SMILES string of the molecule is CCC(CC)NC(=O)N(C)Cc1ccc2c(c1)OCCO2. The zero-order chi connectivity index (χ0) is 15.2. The van der Waals surface area contributed by atoms with Crippen LogP contribution in [0.3, 0.4) is 0 Å². The van der Waals surface area contributed by atoms with Crippen LogP contribution in [0.4, 0.5) is 4.79 Å². The van der Waals surface area contributed by atoms with Gasteiger partial charge < -0.3 is 19.7 Å². The van der Waals surface area contributed by atoms with Crippen LogP contribution in [0.25, 0.3) is 0 Å². The maximum atomic E-state index is 12.1. The van der Waals surface area contributed by atoms with E-state index in [1.54, 1.807) is 11.9 Å². The minimum Gasteiger partial charge on any atom is -0.486 e. The van der Waals surface area contributed by atoms with Gasteiger partial charge in [-0.1, -0.05) is 19.9 Å². The lowest BCUT2D eigenvalue weighted by Gasteiger charge is -2.23. The molecule has 1 N–H and O–H groups in total. The summed E-state index contributed by atoms with van der Waals surface area (Å²) in [6.45, 7) is 5.86. The highest BCUT2D eigenvalue weighted by molar-refractivity contribution is 5.74. The fraction of sp³-hybridized carbons (Fsp3) is 0.562. The van der Waals surface area contributed by atoms with Crippen LogP contribution < -0.4 is 14.8 Å². The van der Waals surface area contributed by atoms with Gasteiger partial charge in [-0.3, -0.25) is 0 Å². The fourth-order valence-corrected chi connectivity index (χ4v) is 2.31. The number of carbonyl (C=O) groups is 1. The van der Waals surface area contributed by atoms with Gasteiger partial charge in [-0.2, -0.15) is 0 Å². The molecule has 0 saturated heterocycles. The van der Waals surface area contributed by atoms with Crippen LogP contribution in [0.15, 0.2) is 18.2 Å². The maximum Gasteiger partial charge on any atom is 0.317 e. The molecule has 1 aliphatic heterocycles. The molecule has 0 spiro atoms. The number of hydrogen-bond acceptors (Lipinski definition) is 3. The molecule has 0 saturated carbocycles. The first-order valence-corrected chi connectivity index (χ1v) is 7.54. The molecule has 0 atom stereocenters. The van der Waals surface area contributed by atoms with Gasteiger partial charge in [0.15, 0.2) is 11.5 Å². The lowest BCUT2D eigenvalue weighted by atomic mass is 10.1. The number of amides is 2. The van der Waals surface area contributed by atoms with Crippen molar-refractivity contribution in [3.05, 3.63) is 23.8 Å². The average molecular weight is 292 g/mol. The first kappa shape index (κ1) is 15.5. The van der Waals surface area contributed by atoms with E-state index in [1.807, 2.05) is 18.2 Å². The van der Waals surface area contributed by atoms with E-state index in [0.717, 1.165) is 29.9 Å². The van der Waals surface area contributed by atoms with Crippen molar-refractivity contribution in [2.24, 2.45) is 0 Å². The van der Waals surface area contributed by atoms with E-state index in [0.29, 0.717) is 19.8 Å². The summed E-state index contributed by atoms with van der Waals surface area (Å²) in [6.07, 6.45) is 1.89. The molecule has 0 radical (unpaired) electrons. The van der Waals surface area contributed by atoms with E-state index >= 15 is 0 Å². The molecule has 2 amide bonds. The van der Waals surface area contributed by atoms with E-state index in [9.17, 15) is 4.79 Å². The third-order valence-electron chi connectivity index (χ3n) is 3.69. The normalized spacial score (nSPS) is 13.1. The molecule has 5 heteroatoms. The van der Waals surface area contributed by atoms with Crippen molar-refractivity contribution < 1.29 is 14.3 Å². The maximum absolute atomic E-state index is 12.1. The topological polar surface area (TPSA) is 50.8 Å². The van der Waals surface area contributed by atoms with Crippen LogP contribution in [0.2, 0.25) is 0 Å². The fourth-order valence-electron chi connectivity index (χ4n) is 2.31. The number of ether oxygens (including phenoxy) is 2. The second kappa shape index (κ2) is 7.20. The van der Waals surface area contributed by atoms with Crippen molar-refractivity contribution in [2.75, 3.05) is 20.3 Å². The predicted octanol–water partition coefficient (Wildman–Crippen LogP) is 2.79. The van der Waals surface area contributed by atoms with Gasteiger partial charge in [-0.15, -0.1) is 0 Å². The van der Waals surface area contributed by atoms with Gasteiger partial charge in [-0.05, 0) is 30.5 Å². The number of urea groups is 1. The van der Waals surface area contributed by atoms with Gasteiger partial charge >= 0.3 is 6.03 Å². The van der Waals surface area contributed by atoms with Crippen LogP contribution in [0.5, 0.6) is 11.5 Å². The Kier molecular flexibility index (Phi) is 5.31. The summed E-state index contributed by atoms with van der Waals surface area (Å²) < 4.78 is 11.1. The van der Waals surface area contributed by atoms with Gasteiger partial charge in [0.05, 0.1) is 0 Å².